The Bertz CT molecular complexity index is 1530. The number of aliphatic carboxylic acids is 1. The van der Waals surface area contributed by atoms with Crippen molar-refractivity contribution < 1.29 is 28.5 Å². The molecule has 0 aliphatic carbocycles. The van der Waals surface area contributed by atoms with Crippen LogP contribution in [0.25, 0.3) is 17.2 Å². The normalized spacial score (nSPS) is 15.5. The molecule has 1 aliphatic rings. The Morgan fingerprint density at radius 2 is 2.03 bits per heavy atom. The Morgan fingerprint density at radius 3 is 2.69 bits per heavy atom. The fraction of sp³-hybridized carbons (Fsp3) is 0.444. The number of imidazole rings is 1. The molecule has 0 spiro atoms. The van der Waals surface area contributed by atoms with Crippen LogP contribution in [-0.2, 0) is 26.2 Å². The van der Waals surface area contributed by atoms with Crippen LogP contribution >= 0.6 is 0 Å². The van der Waals surface area contributed by atoms with Gasteiger partial charge in [0.25, 0.3) is 0 Å². The highest BCUT2D eigenvalue weighted by Crippen LogP contribution is 2.33. The molecule has 39 heavy (non-hydrogen) atoms. The van der Waals surface area contributed by atoms with Crippen LogP contribution in [0.1, 0.15) is 49.7 Å². The van der Waals surface area contributed by atoms with Crippen LogP contribution in [0.4, 0.5) is 0 Å². The van der Waals surface area contributed by atoms with Crippen LogP contribution in [0.5, 0.6) is 5.75 Å². The van der Waals surface area contributed by atoms with Gasteiger partial charge in [-0.25, -0.2) is 24.0 Å². The van der Waals surface area contributed by atoms with Crippen LogP contribution in [0.3, 0.4) is 0 Å². The van der Waals surface area contributed by atoms with Crippen LogP contribution in [0.2, 0.25) is 0 Å². The standard InChI is InChI=1S/C27H31N5O7/c1-16-21(24-29-10-13-38-24)30-23-17(15-31(26(35)32(16)23)27(2,3)25(33)34)14-20(39-18-7-11-37-12-8-18)22-19(36-4)6-5-9-28-22/h5-6,9-10,13,15,18,20H,7-8,11-12,14H2,1-4H3,(H,33,34)/t20-/m0/s1. The van der Waals surface area contributed by atoms with Crippen molar-refractivity contribution in [2.24, 2.45) is 0 Å². The lowest BCUT2D eigenvalue weighted by molar-refractivity contribution is -0.145. The molecule has 12 heteroatoms. The highest BCUT2D eigenvalue weighted by Gasteiger charge is 2.34. The number of ether oxygens (including phenoxy) is 3. The summed E-state index contributed by atoms with van der Waals surface area (Å²) in [5, 5.41) is 9.98. The third kappa shape index (κ3) is 4.92. The fourth-order valence-corrected chi connectivity index (χ4v) is 4.79. The molecule has 5 rings (SSSR count). The molecule has 12 nitrogen and oxygen atoms in total. The van der Waals surface area contributed by atoms with E-state index >= 15 is 0 Å². The molecule has 1 fully saturated rings. The summed E-state index contributed by atoms with van der Waals surface area (Å²) < 4.78 is 25.8. The molecule has 1 saturated heterocycles. The zero-order chi connectivity index (χ0) is 27.7. The Morgan fingerprint density at radius 1 is 1.26 bits per heavy atom. The van der Waals surface area contributed by atoms with E-state index < -0.39 is 23.3 Å². The molecule has 206 valence electrons. The van der Waals surface area contributed by atoms with E-state index in [1.165, 1.54) is 35.3 Å². The predicted octanol–water partition coefficient (Wildman–Crippen LogP) is 3.16. The first-order chi connectivity index (χ1) is 18.7. The van der Waals surface area contributed by atoms with E-state index in [0.717, 1.165) is 12.8 Å². The smallest absolute Gasteiger partial charge is 0.335 e. The van der Waals surface area contributed by atoms with Crippen molar-refractivity contribution in [3.63, 3.8) is 0 Å². The number of carboxylic acid groups (broad SMARTS) is 1. The summed E-state index contributed by atoms with van der Waals surface area (Å²) in [4.78, 5) is 39.4. The van der Waals surface area contributed by atoms with Gasteiger partial charge in [-0.1, -0.05) is 0 Å². The highest BCUT2D eigenvalue weighted by molar-refractivity contribution is 5.75. The van der Waals surface area contributed by atoms with Crippen molar-refractivity contribution in [1.82, 2.24) is 23.9 Å². The first-order valence-electron chi connectivity index (χ1n) is 12.7. The highest BCUT2D eigenvalue weighted by atomic mass is 16.5. The van der Waals surface area contributed by atoms with E-state index in [2.05, 4.69) is 9.97 Å². The number of methoxy groups -OCH3 is 1. The van der Waals surface area contributed by atoms with Gasteiger partial charge in [-0.3, -0.25) is 9.55 Å². The lowest BCUT2D eigenvalue weighted by Crippen LogP contribution is -2.45. The quantitative estimate of drug-likeness (QED) is 0.338. The molecule has 0 radical (unpaired) electrons. The van der Waals surface area contributed by atoms with Gasteiger partial charge >= 0.3 is 11.7 Å². The van der Waals surface area contributed by atoms with Gasteiger partial charge in [0.1, 0.15) is 40.7 Å². The van der Waals surface area contributed by atoms with Crippen LogP contribution < -0.4 is 10.4 Å². The van der Waals surface area contributed by atoms with Gasteiger partial charge in [-0.15, -0.1) is 0 Å². The molecular formula is C27H31N5O7. The van der Waals surface area contributed by atoms with Gasteiger partial charge in [-0.05, 0) is 45.7 Å². The topological polar surface area (TPSA) is 143 Å². The molecule has 0 unspecified atom stereocenters. The van der Waals surface area contributed by atoms with Crippen molar-refractivity contribution in [3.05, 3.63) is 64.4 Å². The van der Waals surface area contributed by atoms with E-state index in [0.29, 0.717) is 47.3 Å². The number of rotatable bonds is 9. The number of hydrogen-bond donors (Lipinski definition) is 1. The van der Waals surface area contributed by atoms with Crippen LogP contribution in [-0.4, -0.2) is 61.4 Å². The average Bonchev–Trinajstić information content (AvgIpc) is 3.58. The van der Waals surface area contributed by atoms with Crippen LogP contribution in [0, 0.1) is 6.92 Å². The molecule has 1 N–H and O–H groups in total. The summed E-state index contributed by atoms with van der Waals surface area (Å²) in [5.41, 5.74) is 0.332. The van der Waals surface area contributed by atoms with Gasteiger partial charge in [0, 0.05) is 37.6 Å². The van der Waals surface area contributed by atoms with E-state index in [-0.39, 0.29) is 18.4 Å². The van der Waals surface area contributed by atoms with Crippen LogP contribution in [0.15, 0.2) is 46.2 Å². The first kappa shape index (κ1) is 26.6. The zero-order valence-electron chi connectivity index (χ0n) is 22.3. The molecule has 0 saturated carbocycles. The average molecular weight is 538 g/mol. The molecule has 1 atom stereocenters. The summed E-state index contributed by atoms with van der Waals surface area (Å²) in [6, 6.07) is 3.59. The van der Waals surface area contributed by atoms with Crippen molar-refractivity contribution in [3.8, 4) is 17.3 Å². The third-order valence-electron chi connectivity index (χ3n) is 7.09. The second-order valence-electron chi connectivity index (χ2n) is 9.94. The fourth-order valence-electron chi connectivity index (χ4n) is 4.79. The monoisotopic (exact) mass is 537 g/mol. The molecule has 1 aliphatic heterocycles. The number of oxazole rings is 1. The molecule has 5 heterocycles. The summed E-state index contributed by atoms with van der Waals surface area (Å²) in [7, 11) is 1.57. The summed E-state index contributed by atoms with van der Waals surface area (Å²) in [6.45, 7) is 5.87. The van der Waals surface area contributed by atoms with E-state index in [1.807, 2.05) is 6.07 Å². The first-order valence-corrected chi connectivity index (χ1v) is 12.7. The lowest BCUT2D eigenvalue weighted by Gasteiger charge is -2.29. The Hall–Kier alpha value is -4.03. The molecule has 0 amide bonds. The number of nitrogens with zero attached hydrogens (tertiary/aromatic N) is 5. The minimum Gasteiger partial charge on any atom is -0.495 e. The van der Waals surface area contributed by atoms with Crippen molar-refractivity contribution >= 4 is 11.6 Å². The maximum absolute atomic E-state index is 13.7. The molecule has 0 bridgehead atoms. The second kappa shape index (κ2) is 10.6. The van der Waals surface area contributed by atoms with E-state index in [4.69, 9.17) is 23.6 Å². The van der Waals surface area contributed by atoms with E-state index in [9.17, 15) is 14.7 Å². The van der Waals surface area contributed by atoms with Gasteiger partial charge in [0.05, 0.1) is 25.1 Å². The number of aryl methyl sites for hydroxylation is 1. The largest absolute Gasteiger partial charge is 0.495 e. The van der Waals surface area contributed by atoms with Crippen molar-refractivity contribution in [2.75, 3.05) is 20.3 Å². The number of carbonyl (C=O) groups is 1. The maximum atomic E-state index is 13.7. The molecular weight excluding hydrogens is 506 g/mol. The minimum absolute atomic E-state index is 0.0720. The van der Waals surface area contributed by atoms with Gasteiger partial charge in [-0.2, -0.15) is 0 Å². The summed E-state index contributed by atoms with van der Waals surface area (Å²) in [6.07, 6.45) is 7.19. The lowest BCUT2D eigenvalue weighted by atomic mass is 10.0. The number of fused-ring (bicyclic) bond motifs is 1. The van der Waals surface area contributed by atoms with Gasteiger partial charge in [0.2, 0.25) is 5.89 Å². The molecule has 4 aromatic rings. The molecule has 4 aromatic heterocycles. The minimum atomic E-state index is -1.54. The number of aromatic nitrogens is 5. The SMILES string of the molecule is COc1cccnc1[C@H](Cc1cn(C(C)(C)C(=O)O)c(=O)n2c(C)c(-c3ncco3)nc12)OC1CCOCC1. The maximum Gasteiger partial charge on any atom is 0.335 e. The number of carboxylic acids is 1. The Kier molecular flexibility index (Phi) is 7.23. The predicted molar refractivity (Wildman–Crippen MR) is 139 cm³/mol. The third-order valence-corrected chi connectivity index (χ3v) is 7.09. The van der Waals surface area contributed by atoms with Gasteiger partial charge < -0.3 is 23.7 Å². The number of hydrogen-bond acceptors (Lipinski definition) is 9. The van der Waals surface area contributed by atoms with Crippen molar-refractivity contribution in [2.45, 2.75) is 57.8 Å². The summed E-state index contributed by atoms with van der Waals surface area (Å²) >= 11 is 0. The Labute approximate surface area is 224 Å². The van der Waals surface area contributed by atoms with E-state index in [1.54, 1.807) is 32.5 Å². The van der Waals surface area contributed by atoms with Crippen molar-refractivity contribution in [1.29, 1.82) is 0 Å². The Balaban J connectivity index is 1.70. The second-order valence-corrected chi connectivity index (χ2v) is 9.94. The molecule has 0 aromatic carbocycles. The van der Waals surface area contributed by atoms with Gasteiger partial charge in [0.15, 0.2) is 0 Å². The zero-order valence-corrected chi connectivity index (χ0v) is 22.3. The number of pyridine rings is 1. The summed E-state index contributed by atoms with van der Waals surface area (Å²) in [5.74, 6) is -0.334.